The van der Waals surface area contributed by atoms with Gasteiger partial charge in [0.05, 0.1) is 17.2 Å². The molecule has 0 aromatic heterocycles. The zero-order chi connectivity index (χ0) is 23.8. The van der Waals surface area contributed by atoms with Crippen molar-refractivity contribution in [1.29, 1.82) is 0 Å². The molecule has 1 fully saturated rings. The molecule has 1 atom stereocenters. The molecule has 0 bridgehead atoms. The van der Waals surface area contributed by atoms with Crippen molar-refractivity contribution in [2.45, 2.75) is 52.5 Å². The average Bonchev–Trinajstić information content (AvgIpc) is 3.09. The van der Waals surface area contributed by atoms with Gasteiger partial charge in [-0.1, -0.05) is 6.92 Å². The number of hydrogen-bond acceptors (Lipinski definition) is 5. The van der Waals surface area contributed by atoms with Crippen LogP contribution < -0.4 is 15.0 Å². The molecule has 1 amide bonds. The van der Waals surface area contributed by atoms with Gasteiger partial charge in [-0.3, -0.25) is 4.79 Å². The number of fused-ring (bicyclic) bond motifs is 1. The Bertz CT molecular complexity index is 1130. The van der Waals surface area contributed by atoms with Crippen molar-refractivity contribution < 1.29 is 13.9 Å². The number of hydrogen-bond donors (Lipinski definition) is 1. The van der Waals surface area contributed by atoms with Crippen LogP contribution in [0.15, 0.2) is 46.3 Å². The lowest BCUT2D eigenvalue weighted by atomic mass is 9.79. The van der Waals surface area contributed by atoms with Crippen LogP contribution in [0.4, 0.5) is 15.8 Å². The lowest BCUT2D eigenvalue weighted by Crippen LogP contribution is -2.48. The summed E-state index contributed by atoms with van der Waals surface area (Å²) in [7, 11) is 0. The highest BCUT2D eigenvalue weighted by atomic mass is 32.2. The van der Waals surface area contributed by atoms with E-state index in [1.165, 1.54) is 11.8 Å². The van der Waals surface area contributed by atoms with E-state index in [2.05, 4.69) is 42.9 Å². The summed E-state index contributed by atoms with van der Waals surface area (Å²) < 4.78 is 20.6. The fourth-order valence-corrected chi connectivity index (χ4v) is 5.59. The topological polar surface area (TPSA) is 53.9 Å². The number of thioether (sulfide) groups is 1. The van der Waals surface area contributed by atoms with Crippen LogP contribution in [0.25, 0.3) is 6.08 Å². The molecule has 7 heteroatoms. The molecule has 0 spiro atoms. The van der Waals surface area contributed by atoms with Crippen molar-refractivity contribution in [3.63, 3.8) is 0 Å². The number of carbonyl (C=O) groups is 1. The van der Waals surface area contributed by atoms with Crippen molar-refractivity contribution in [1.82, 2.24) is 5.32 Å². The number of rotatable bonds is 5. The summed E-state index contributed by atoms with van der Waals surface area (Å²) in [5.74, 6) is 0.478. The Morgan fingerprint density at radius 3 is 2.67 bits per heavy atom. The predicted octanol–water partition coefficient (Wildman–Crippen LogP) is 6.23. The summed E-state index contributed by atoms with van der Waals surface area (Å²) in [5.41, 5.74) is 3.18. The number of nitrogens with zero attached hydrogens (tertiary/aromatic N) is 2. The van der Waals surface area contributed by atoms with Gasteiger partial charge < -0.3 is 15.0 Å². The lowest BCUT2D eigenvalue weighted by Gasteiger charge is -2.47. The molecule has 33 heavy (non-hydrogen) atoms. The third-order valence-corrected chi connectivity index (χ3v) is 7.05. The number of amides is 1. The second kappa shape index (κ2) is 9.21. The fourth-order valence-electron chi connectivity index (χ4n) is 4.75. The highest BCUT2D eigenvalue weighted by Gasteiger charge is 2.36. The van der Waals surface area contributed by atoms with Gasteiger partial charge in [-0.2, -0.15) is 0 Å². The van der Waals surface area contributed by atoms with Crippen LogP contribution in [0.5, 0.6) is 5.75 Å². The van der Waals surface area contributed by atoms with Gasteiger partial charge in [0.2, 0.25) is 0 Å². The van der Waals surface area contributed by atoms with Gasteiger partial charge in [0.1, 0.15) is 11.6 Å². The van der Waals surface area contributed by atoms with Gasteiger partial charge in [-0.15, -0.1) is 0 Å². The van der Waals surface area contributed by atoms with Crippen LogP contribution in [0.1, 0.15) is 58.1 Å². The van der Waals surface area contributed by atoms with Crippen molar-refractivity contribution in [2.75, 3.05) is 18.1 Å². The molecular weight excluding hydrogens is 437 g/mol. The Morgan fingerprint density at radius 1 is 1.27 bits per heavy atom. The number of aliphatic imine (C=N–C) groups is 1. The molecule has 0 saturated carbocycles. The molecule has 2 heterocycles. The summed E-state index contributed by atoms with van der Waals surface area (Å²) in [6, 6.07) is 10.9. The van der Waals surface area contributed by atoms with Crippen molar-refractivity contribution in [3.05, 3.63) is 58.2 Å². The number of carbonyl (C=O) groups excluding carboxylic acids is 1. The van der Waals surface area contributed by atoms with Gasteiger partial charge in [-0.05, 0) is 99.8 Å². The molecular formula is C26H30FN3O2S. The molecule has 4 rings (SSSR count). The second-order valence-electron chi connectivity index (χ2n) is 9.00. The Labute approximate surface area is 199 Å². The van der Waals surface area contributed by atoms with Gasteiger partial charge in [0.15, 0.2) is 5.17 Å². The summed E-state index contributed by atoms with van der Waals surface area (Å²) >= 11 is 1.22. The van der Waals surface area contributed by atoms with Crippen LogP contribution >= 0.6 is 11.8 Å². The first-order valence-electron chi connectivity index (χ1n) is 11.4. The number of nitrogens with one attached hydrogen (secondary N) is 1. The maximum atomic E-state index is 15.1. The van der Waals surface area contributed by atoms with Crippen molar-refractivity contribution >= 4 is 40.3 Å². The number of amidine groups is 1. The van der Waals surface area contributed by atoms with E-state index in [1.54, 1.807) is 12.1 Å². The van der Waals surface area contributed by atoms with E-state index in [0.29, 0.717) is 33.8 Å². The summed E-state index contributed by atoms with van der Waals surface area (Å²) in [6.07, 6.45) is 2.61. The molecule has 1 unspecified atom stereocenters. The maximum absolute atomic E-state index is 15.1. The lowest BCUT2D eigenvalue weighted by molar-refractivity contribution is -0.115. The molecule has 2 aliphatic rings. The van der Waals surface area contributed by atoms with Gasteiger partial charge >= 0.3 is 0 Å². The van der Waals surface area contributed by atoms with Crippen molar-refractivity contribution in [2.24, 2.45) is 4.99 Å². The van der Waals surface area contributed by atoms with E-state index in [1.807, 2.05) is 37.3 Å². The minimum Gasteiger partial charge on any atom is -0.494 e. The Hall–Kier alpha value is -2.80. The zero-order valence-corrected chi connectivity index (χ0v) is 20.6. The first kappa shape index (κ1) is 23.4. The van der Waals surface area contributed by atoms with Crippen LogP contribution in [0.2, 0.25) is 0 Å². The molecule has 174 valence electrons. The third-order valence-electron chi connectivity index (χ3n) is 6.14. The van der Waals surface area contributed by atoms with E-state index in [-0.39, 0.29) is 17.3 Å². The van der Waals surface area contributed by atoms with Crippen LogP contribution in [0, 0.1) is 5.82 Å². The first-order chi connectivity index (χ1) is 15.7. The Kier molecular flexibility index (Phi) is 6.52. The molecule has 1 saturated heterocycles. The van der Waals surface area contributed by atoms with Crippen LogP contribution in [-0.4, -0.2) is 29.8 Å². The normalized spacial score (nSPS) is 21.9. The monoisotopic (exact) mass is 467 g/mol. The highest BCUT2D eigenvalue weighted by molar-refractivity contribution is 8.18. The number of halogens is 1. The molecule has 0 aliphatic carbocycles. The minimum absolute atomic E-state index is 0.0268. The molecule has 2 aliphatic heterocycles. The second-order valence-corrected chi connectivity index (χ2v) is 10.0. The van der Waals surface area contributed by atoms with E-state index in [0.717, 1.165) is 30.0 Å². The average molecular weight is 468 g/mol. The Balaban J connectivity index is 1.60. The molecule has 0 radical (unpaired) electrons. The van der Waals surface area contributed by atoms with Crippen LogP contribution in [-0.2, 0) is 4.79 Å². The summed E-state index contributed by atoms with van der Waals surface area (Å²) in [6.45, 7) is 12.0. The van der Waals surface area contributed by atoms with Gasteiger partial charge in [0.25, 0.3) is 5.91 Å². The molecule has 5 nitrogen and oxygen atoms in total. The number of ether oxygens (including phenoxy) is 1. The van der Waals surface area contributed by atoms with E-state index < -0.39 is 0 Å². The van der Waals surface area contributed by atoms with Gasteiger partial charge in [0, 0.05) is 23.3 Å². The number of anilines is 1. The quantitative estimate of drug-likeness (QED) is 0.530. The van der Waals surface area contributed by atoms with E-state index in [4.69, 9.17) is 4.74 Å². The first-order valence-corrected chi connectivity index (χ1v) is 12.2. The number of benzene rings is 2. The predicted molar refractivity (Wildman–Crippen MR) is 135 cm³/mol. The Morgan fingerprint density at radius 2 is 2.00 bits per heavy atom. The zero-order valence-electron chi connectivity index (χ0n) is 19.7. The molecule has 2 aromatic carbocycles. The van der Waals surface area contributed by atoms with Gasteiger partial charge in [-0.25, -0.2) is 9.38 Å². The largest absolute Gasteiger partial charge is 0.494 e. The fraction of sp³-hybridized carbons (Fsp3) is 0.385. The SMILES string of the molecule is CCOc1ccc(N=C2NC(=O)/C(=C\c3cc4c(cc3F)N(CC)C(C)(C)CC4C)S2)cc1. The van der Waals surface area contributed by atoms with Crippen LogP contribution in [0.3, 0.4) is 0 Å². The maximum Gasteiger partial charge on any atom is 0.264 e. The van der Waals surface area contributed by atoms with Crippen molar-refractivity contribution in [3.8, 4) is 5.75 Å². The smallest absolute Gasteiger partial charge is 0.264 e. The third kappa shape index (κ3) is 4.78. The minimum atomic E-state index is -0.324. The standard InChI is InChI=1S/C26H30FN3O2S/c1-6-30-22-14-21(27)17(12-20(22)16(3)15-26(30,4)5)13-23-24(31)29-25(33-23)28-18-8-10-19(11-9-18)32-7-2/h8-14,16H,6-7,15H2,1-5H3,(H,28,29,31)/b23-13+. The highest BCUT2D eigenvalue weighted by Crippen LogP contribution is 2.44. The molecule has 2 aromatic rings. The van der Waals surface area contributed by atoms with E-state index in [9.17, 15) is 4.79 Å². The summed E-state index contributed by atoms with van der Waals surface area (Å²) in [4.78, 5) is 19.7. The summed E-state index contributed by atoms with van der Waals surface area (Å²) in [5, 5.41) is 3.25. The molecule has 1 N–H and O–H groups in total. The van der Waals surface area contributed by atoms with E-state index >= 15 is 4.39 Å².